The van der Waals surface area contributed by atoms with E-state index in [1.54, 1.807) is 6.07 Å². The van der Waals surface area contributed by atoms with Crippen LogP contribution in [0.1, 0.15) is 20.8 Å². The Kier molecular flexibility index (Phi) is 4.14. The van der Waals surface area contributed by atoms with E-state index in [4.69, 9.17) is 16.3 Å². The van der Waals surface area contributed by atoms with E-state index in [9.17, 15) is 4.39 Å². The highest BCUT2D eigenvalue weighted by Gasteiger charge is 2.16. The maximum absolute atomic E-state index is 13.8. The summed E-state index contributed by atoms with van der Waals surface area (Å²) in [5.41, 5.74) is 0.292. The molecule has 1 heterocycles. The molecule has 6 heteroatoms. The lowest BCUT2D eigenvalue weighted by molar-refractivity contribution is 0.242. The summed E-state index contributed by atoms with van der Waals surface area (Å²) in [5, 5.41) is 6.26. The van der Waals surface area contributed by atoms with Crippen molar-refractivity contribution >= 4 is 23.2 Å². The number of guanidine groups is 1. The van der Waals surface area contributed by atoms with Crippen molar-refractivity contribution in [3.8, 4) is 5.75 Å². The number of hydrogen-bond acceptors (Lipinski definition) is 4. The van der Waals surface area contributed by atoms with Crippen LogP contribution in [0.3, 0.4) is 0 Å². The van der Waals surface area contributed by atoms with Gasteiger partial charge in [-0.1, -0.05) is 11.6 Å². The van der Waals surface area contributed by atoms with Gasteiger partial charge in [0.1, 0.15) is 11.6 Å². The zero-order valence-electron chi connectivity index (χ0n) is 11.1. The second kappa shape index (κ2) is 5.65. The topological polar surface area (TPSA) is 45.7 Å². The van der Waals surface area contributed by atoms with Gasteiger partial charge in [0.15, 0.2) is 5.96 Å². The molecule has 0 saturated heterocycles. The molecular weight excluding hydrogens is 269 g/mol. The zero-order valence-corrected chi connectivity index (χ0v) is 11.9. The Morgan fingerprint density at radius 3 is 2.84 bits per heavy atom. The van der Waals surface area contributed by atoms with Crippen molar-refractivity contribution in [3.05, 3.63) is 23.0 Å². The fourth-order valence-electron chi connectivity index (χ4n) is 1.73. The average molecular weight is 286 g/mol. The van der Waals surface area contributed by atoms with E-state index in [1.165, 1.54) is 6.07 Å². The molecule has 2 N–H and O–H groups in total. The Balaban J connectivity index is 2.20. The Hall–Kier alpha value is -1.49. The lowest BCUT2D eigenvalue weighted by atomic mass is 10.2. The van der Waals surface area contributed by atoms with Gasteiger partial charge in [-0.25, -0.2) is 4.39 Å². The molecular formula is C13H17ClFN3O. The van der Waals surface area contributed by atoms with Crippen molar-refractivity contribution < 1.29 is 9.13 Å². The standard InChI is InChI=1S/C13H17ClFN3O/c1-7(2)19-12-5-11(10(15)4-9(12)14)18-13-16-6-8(3)17-13/h4-5,7-8H,6H2,1-3H3,(H2,16,17,18). The Bertz CT molecular complexity index is 505. The van der Waals surface area contributed by atoms with Crippen LogP contribution in [-0.4, -0.2) is 24.7 Å². The van der Waals surface area contributed by atoms with Crippen molar-refractivity contribution in [1.82, 2.24) is 5.32 Å². The predicted octanol–water partition coefficient (Wildman–Crippen LogP) is 3.03. The van der Waals surface area contributed by atoms with Crippen LogP contribution in [0.25, 0.3) is 0 Å². The third-order valence-corrected chi connectivity index (χ3v) is 2.84. The predicted molar refractivity (Wildman–Crippen MR) is 75.7 cm³/mol. The number of nitrogens with one attached hydrogen (secondary N) is 2. The van der Waals surface area contributed by atoms with E-state index >= 15 is 0 Å². The van der Waals surface area contributed by atoms with Crippen LogP contribution in [0.5, 0.6) is 5.75 Å². The molecule has 4 nitrogen and oxygen atoms in total. The lowest BCUT2D eigenvalue weighted by Gasteiger charge is -2.15. The zero-order chi connectivity index (χ0) is 14.0. The number of nitrogens with zero attached hydrogens (tertiary/aromatic N) is 1. The van der Waals surface area contributed by atoms with Gasteiger partial charge in [0.25, 0.3) is 0 Å². The van der Waals surface area contributed by atoms with Crippen LogP contribution in [0.4, 0.5) is 10.1 Å². The summed E-state index contributed by atoms with van der Waals surface area (Å²) in [6.07, 6.45) is -0.0298. The van der Waals surface area contributed by atoms with E-state index in [2.05, 4.69) is 15.6 Å². The molecule has 19 heavy (non-hydrogen) atoms. The summed E-state index contributed by atoms with van der Waals surface area (Å²) in [5.74, 6) is 0.571. The molecule has 1 aromatic carbocycles. The van der Waals surface area contributed by atoms with Gasteiger partial charge in [-0.15, -0.1) is 0 Å². The quantitative estimate of drug-likeness (QED) is 0.897. The second-order valence-corrected chi connectivity index (χ2v) is 5.20. The number of rotatable bonds is 3. The summed E-state index contributed by atoms with van der Waals surface area (Å²) in [6, 6.07) is 3.04. The van der Waals surface area contributed by atoms with Crippen LogP contribution >= 0.6 is 11.6 Å². The number of ether oxygens (including phenoxy) is 1. The smallest absolute Gasteiger partial charge is 0.196 e. The van der Waals surface area contributed by atoms with E-state index in [-0.39, 0.29) is 17.2 Å². The molecule has 1 aliphatic heterocycles. The molecule has 1 aliphatic rings. The van der Waals surface area contributed by atoms with E-state index in [1.807, 2.05) is 20.8 Å². The average Bonchev–Trinajstić information content (AvgIpc) is 2.70. The fourth-order valence-corrected chi connectivity index (χ4v) is 1.92. The first-order chi connectivity index (χ1) is 8.95. The van der Waals surface area contributed by atoms with Crippen molar-refractivity contribution in [2.45, 2.75) is 32.9 Å². The SMILES string of the molecule is CC1CN=C(Nc2cc(OC(C)C)c(Cl)cc2F)N1. The van der Waals surface area contributed by atoms with Crippen LogP contribution < -0.4 is 15.4 Å². The van der Waals surface area contributed by atoms with Crippen LogP contribution in [0.15, 0.2) is 17.1 Å². The first-order valence-corrected chi connectivity index (χ1v) is 6.57. The van der Waals surface area contributed by atoms with Gasteiger partial charge in [0, 0.05) is 12.1 Å². The number of aliphatic imine (C=N–C) groups is 1. The van der Waals surface area contributed by atoms with Gasteiger partial charge >= 0.3 is 0 Å². The van der Waals surface area contributed by atoms with Gasteiger partial charge in [0.05, 0.1) is 23.4 Å². The third-order valence-electron chi connectivity index (χ3n) is 2.54. The van der Waals surface area contributed by atoms with E-state index in [0.29, 0.717) is 23.9 Å². The third kappa shape index (κ3) is 3.50. The highest BCUT2D eigenvalue weighted by molar-refractivity contribution is 6.32. The maximum atomic E-state index is 13.8. The molecule has 0 aromatic heterocycles. The van der Waals surface area contributed by atoms with Crippen molar-refractivity contribution in [2.75, 3.05) is 11.9 Å². The van der Waals surface area contributed by atoms with Gasteiger partial charge < -0.3 is 15.4 Å². The van der Waals surface area contributed by atoms with Crippen molar-refractivity contribution in [2.24, 2.45) is 4.99 Å². The molecule has 1 atom stereocenters. The van der Waals surface area contributed by atoms with Crippen LogP contribution in [0, 0.1) is 5.82 Å². The molecule has 0 bridgehead atoms. The van der Waals surface area contributed by atoms with Crippen LogP contribution in [0.2, 0.25) is 5.02 Å². The molecule has 2 rings (SSSR count). The minimum absolute atomic E-state index is 0.0298. The molecule has 0 amide bonds. The molecule has 104 valence electrons. The Morgan fingerprint density at radius 2 is 2.26 bits per heavy atom. The molecule has 0 spiro atoms. The maximum Gasteiger partial charge on any atom is 0.196 e. The summed E-state index contributed by atoms with van der Waals surface area (Å²) in [7, 11) is 0. The first-order valence-electron chi connectivity index (χ1n) is 6.19. The van der Waals surface area contributed by atoms with E-state index < -0.39 is 5.82 Å². The molecule has 1 unspecified atom stereocenters. The monoisotopic (exact) mass is 285 g/mol. The second-order valence-electron chi connectivity index (χ2n) is 4.79. The fraction of sp³-hybridized carbons (Fsp3) is 0.462. The Labute approximate surface area is 117 Å². The minimum atomic E-state index is -0.440. The molecule has 0 fully saturated rings. The number of anilines is 1. The normalized spacial score (nSPS) is 18.2. The molecule has 0 aliphatic carbocycles. The summed E-state index contributed by atoms with van der Waals surface area (Å²) in [6.45, 7) is 6.45. The van der Waals surface area contributed by atoms with Crippen molar-refractivity contribution in [3.63, 3.8) is 0 Å². The van der Waals surface area contributed by atoms with Gasteiger partial charge in [-0.05, 0) is 26.8 Å². The number of hydrogen-bond donors (Lipinski definition) is 2. The number of halogens is 2. The van der Waals surface area contributed by atoms with Crippen LogP contribution in [-0.2, 0) is 0 Å². The molecule has 1 aromatic rings. The summed E-state index contributed by atoms with van der Waals surface area (Å²) in [4.78, 5) is 4.22. The minimum Gasteiger partial charge on any atom is -0.489 e. The summed E-state index contributed by atoms with van der Waals surface area (Å²) >= 11 is 5.95. The van der Waals surface area contributed by atoms with Gasteiger partial charge in [0.2, 0.25) is 0 Å². The highest BCUT2D eigenvalue weighted by atomic mass is 35.5. The van der Waals surface area contributed by atoms with Gasteiger partial charge in [-0.3, -0.25) is 4.99 Å². The number of benzene rings is 1. The molecule has 0 radical (unpaired) electrons. The first kappa shape index (κ1) is 13.9. The highest BCUT2D eigenvalue weighted by Crippen LogP contribution is 2.31. The molecule has 0 saturated carbocycles. The lowest BCUT2D eigenvalue weighted by Crippen LogP contribution is -2.32. The van der Waals surface area contributed by atoms with Gasteiger partial charge in [-0.2, -0.15) is 0 Å². The Morgan fingerprint density at radius 1 is 1.53 bits per heavy atom. The summed E-state index contributed by atoms with van der Waals surface area (Å²) < 4.78 is 19.4. The van der Waals surface area contributed by atoms with E-state index in [0.717, 1.165) is 0 Å². The van der Waals surface area contributed by atoms with Crippen molar-refractivity contribution in [1.29, 1.82) is 0 Å². The largest absolute Gasteiger partial charge is 0.489 e.